The third-order valence-electron chi connectivity index (χ3n) is 3.80. The predicted octanol–water partition coefficient (Wildman–Crippen LogP) is 2.42. The van der Waals surface area contributed by atoms with Gasteiger partial charge in [0.1, 0.15) is 6.34 Å². The molecule has 1 aliphatic rings. The molecule has 5 nitrogen and oxygen atoms in total. The van der Waals surface area contributed by atoms with Crippen molar-refractivity contribution in [2.24, 2.45) is 10.9 Å². The van der Waals surface area contributed by atoms with Crippen molar-refractivity contribution < 1.29 is 8.78 Å². The smallest absolute Gasteiger partial charge is 0.270 e. The lowest BCUT2D eigenvalue weighted by Crippen LogP contribution is -2.60. The largest absolute Gasteiger partial charge is 0.358 e. The molecular weight excluding hydrogens is 288 g/mol. The normalized spacial score (nSPS) is 19.6. The number of anilines is 1. The second-order valence-corrected chi connectivity index (χ2v) is 6.28. The van der Waals surface area contributed by atoms with Gasteiger partial charge in [-0.2, -0.15) is 5.10 Å². The Kier molecular flexibility index (Phi) is 4.55. The molecule has 0 spiro atoms. The molecule has 22 heavy (non-hydrogen) atoms. The average Bonchev–Trinajstić information content (AvgIpc) is 2.41. The first-order chi connectivity index (χ1) is 10.2. The molecule has 0 unspecified atom stereocenters. The number of nitrogens with zero attached hydrogens (tertiary/aromatic N) is 3. The summed E-state index contributed by atoms with van der Waals surface area (Å²) in [4.78, 5) is 2.04. The third kappa shape index (κ3) is 3.85. The summed E-state index contributed by atoms with van der Waals surface area (Å²) in [5.74, 6) is 2.35. The number of nitrogens with one attached hydrogen (secondary N) is 1. The first-order valence-electron chi connectivity index (χ1n) is 7.22. The van der Waals surface area contributed by atoms with Crippen LogP contribution >= 0.6 is 0 Å². The number of hydrazone groups is 1. The molecule has 1 fully saturated rings. The first-order valence-corrected chi connectivity index (χ1v) is 7.22. The highest BCUT2D eigenvalue weighted by atomic mass is 19.3. The van der Waals surface area contributed by atoms with E-state index in [-0.39, 0.29) is 11.1 Å². The summed E-state index contributed by atoms with van der Waals surface area (Å²) in [6.45, 7) is 7.29. The Bertz CT molecular complexity index is 539. The molecule has 1 saturated heterocycles. The van der Waals surface area contributed by atoms with E-state index in [2.05, 4.69) is 29.4 Å². The SMILES string of the molecule is CC(F)(F)c1cccc(NN2CCN(/C=N/N)CC2(C)C)c1. The Morgan fingerprint density at radius 3 is 2.68 bits per heavy atom. The van der Waals surface area contributed by atoms with Crippen molar-refractivity contribution in [2.45, 2.75) is 32.2 Å². The van der Waals surface area contributed by atoms with Gasteiger partial charge in [0.2, 0.25) is 0 Å². The van der Waals surface area contributed by atoms with Crippen LogP contribution < -0.4 is 11.3 Å². The van der Waals surface area contributed by atoms with Crippen molar-refractivity contribution in [3.63, 3.8) is 0 Å². The van der Waals surface area contributed by atoms with E-state index in [0.29, 0.717) is 5.69 Å². The molecule has 0 aliphatic carbocycles. The van der Waals surface area contributed by atoms with Crippen molar-refractivity contribution in [3.8, 4) is 0 Å². The number of benzene rings is 1. The van der Waals surface area contributed by atoms with Crippen molar-refractivity contribution in [2.75, 3.05) is 25.1 Å². The second kappa shape index (κ2) is 6.08. The molecule has 2 rings (SSSR count). The Hall–Kier alpha value is -1.89. The topological polar surface area (TPSA) is 56.9 Å². The predicted molar refractivity (Wildman–Crippen MR) is 84.7 cm³/mol. The van der Waals surface area contributed by atoms with Crippen LogP contribution in [0.3, 0.4) is 0 Å². The minimum atomic E-state index is -2.84. The fourth-order valence-electron chi connectivity index (χ4n) is 2.61. The van der Waals surface area contributed by atoms with Gasteiger partial charge >= 0.3 is 0 Å². The minimum Gasteiger partial charge on any atom is -0.358 e. The lowest BCUT2D eigenvalue weighted by Gasteiger charge is -2.46. The molecule has 7 heteroatoms. The average molecular weight is 311 g/mol. The molecule has 0 saturated carbocycles. The summed E-state index contributed by atoms with van der Waals surface area (Å²) in [6, 6.07) is 6.36. The summed E-state index contributed by atoms with van der Waals surface area (Å²) >= 11 is 0. The summed E-state index contributed by atoms with van der Waals surface area (Å²) in [7, 11) is 0. The summed E-state index contributed by atoms with van der Waals surface area (Å²) in [5.41, 5.74) is 3.72. The number of halogens is 2. The van der Waals surface area contributed by atoms with Gasteiger partial charge in [0, 0.05) is 37.8 Å². The highest BCUT2D eigenvalue weighted by Crippen LogP contribution is 2.29. The van der Waals surface area contributed by atoms with E-state index >= 15 is 0 Å². The van der Waals surface area contributed by atoms with Gasteiger partial charge in [-0.3, -0.25) is 0 Å². The summed E-state index contributed by atoms with van der Waals surface area (Å²) in [5, 5.41) is 5.61. The molecule has 0 atom stereocenters. The Morgan fingerprint density at radius 2 is 2.09 bits per heavy atom. The zero-order valence-corrected chi connectivity index (χ0v) is 13.2. The van der Waals surface area contributed by atoms with Crippen LogP contribution in [0.4, 0.5) is 14.5 Å². The van der Waals surface area contributed by atoms with Crippen molar-refractivity contribution >= 4 is 12.0 Å². The van der Waals surface area contributed by atoms with Crippen LogP contribution in [0.2, 0.25) is 0 Å². The number of hydrogen-bond acceptors (Lipinski definition) is 4. The standard InChI is InChI=1S/C15H23F2N5/c1-14(2)10-21(11-19-18)7-8-22(14)20-13-6-4-5-12(9-13)15(3,16)17/h4-6,9,11,20H,7-8,10,18H2,1-3H3/b19-11+. The van der Waals surface area contributed by atoms with Gasteiger partial charge in [-0.05, 0) is 26.0 Å². The first kappa shape index (κ1) is 16.5. The van der Waals surface area contributed by atoms with Crippen LogP contribution in [0, 0.1) is 0 Å². The van der Waals surface area contributed by atoms with E-state index < -0.39 is 5.92 Å². The number of piperazine rings is 1. The quantitative estimate of drug-likeness (QED) is 0.388. The number of rotatable bonds is 4. The lowest BCUT2D eigenvalue weighted by molar-refractivity contribution is 0.0174. The Morgan fingerprint density at radius 1 is 1.36 bits per heavy atom. The van der Waals surface area contributed by atoms with Gasteiger partial charge in [0.25, 0.3) is 5.92 Å². The highest BCUT2D eigenvalue weighted by molar-refractivity contribution is 5.55. The molecule has 1 aromatic carbocycles. The maximum atomic E-state index is 13.4. The Labute approximate surface area is 129 Å². The van der Waals surface area contributed by atoms with Crippen LogP contribution in [0.15, 0.2) is 29.4 Å². The van der Waals surface area contributed by atoms with Crippen LogP contribution in [0.5, 0.6) is 0 Å². The number of nitrogens with two attached hydrogens (primary N) is 1. The zero-order valence-electron chi connectivity index (χ0n) is 13.2. The molecule has 1 aliphatic heterocycles. The number of hydrogen-bond donors (Lipinski definition) is 2. The van der Waals surface area contributed by atoms with Crippen LogP contribution in [-0.4, -0.2) is 41.4 Å². The Balaban J connectivity index is 2.11. The summed E-state index contributed by atoms with van der Waals surface area (Å²) < 4.78 is 26.9. The van der Waals surface area contributed by atoms with E-state index in [1.54, 1.807) is 18.5 Å². The highest BCUT2D eigenvalue weighted by Gasteiger charge is 2.33. The van der Waals surface area contributed by atoms with Crippen molar-refractivity contribution in [1.82, 2.24) is 9.91 Å². The van der Waals surface area contributed by atoms with Gasteiger partial charge in [-0.15, -0.1) is 0 Å². The molecule has 3 N–H and O–H groups in total. The minimum absolute atomic E-state index is 0.00390. The van der Waals surface area contributed by atoms with Crippen molar-refractivity contribution in [1.29, 1.82) is 0 Å². The van der Waals surface area contributed by atoms with Gasteiger partial charge in [-0.1, -0.05) is 12.1 Å². The summed E-state index contributed by atoms with van der Waals surface area (Å²) in [6.07, 6.45) is 1.62. The van der Waals surface area contributed by atoms with Crippen LogP contribution in [0.1, 0.15) is 26.3 Å². The molecule has 0 amide bonds. The van der Waals surface area contributed by atoms with Gasteiger partial charge in [-0.25, -0.2) is 13.8 Å². The van der Waals surface area contributed by atoms with E-state index in [4.69, 9.17) is 5.84 Å². The monoisotopic (exact) mass is 311 g/mol. The second-order valence-electron chi connectivity index (χ2n) is 6.28. The molecule has 1 aromatic rings. The van der Waals surface area contributed by atoms with Crippen molar-refractivity contribution in [3.05, 3.63) is 29.8 Å². The van der Waals surface area contributed by atoms with Gasteiger partial charge in [0.05, 0.1) is 5.54 Å². The van der Waals surface area contributed by atoms with Crippen LogP contribution in [-0.2, 0) is 5.92 Å². The molecule has 0 aromatic heterocycles. The van der Waals surface area contributed by atoms with Gasteiger partial charge < -0.3 is 16.2 Å². The molecule has 0 bridgehead atoms. The maximum absolute atomic E-state index is 13.4. The number of alkyl halides is 2. The van der Waals surface area contributed by atoms with Crippen LogP contribution in [0.25, 0.3) is 0 Å². The van der Waals surface area contributed by atoms with Gasteiger partial charge in [0.15, 0.2) is 0 Å². The molecule has 0 radical (unpaired) electrons. The maximum Gasteiger partial charge on any atom is 0.270 e. The van der Waals surface area contributed by atoms with E-state index in [9.17, 15) is 8.78 Å². The third-order valence-corrected chi connectivity index (χ3v) is 3.80. The van der Waals surface area contributed by atoms with E-state index in [1.165, 1.54) is 12.1 Å². The van der Waals surface area contributed by atoms with E-state index in [0.717, 1.165) is 26.6 Å². The lowest BCUT2D eigenvalue weighted by atomic mass is 10.0. The molecular formula is C15H23F2N5. The molecule has 122 valence electrons. The fourth-order valence-corrected chi connectivity index (χ4v) is 2.61. The zero-order chi connectivity index (χ0) is 16.4. The van der Waals surface area contributed by atoms with E-state index in [1.807, 2.05) is 4.90 Å². The number of hydrazine groups is 1. The molecule has 1 heterocycles. The fraction of sp³-hybridized carbons (Fsp3) is 0.533.